The van der Waals surface area contributed by atoms with Crippen molar-refractivity contribution in [3.63, 3.8) is 0 Å². The van der Waals surface area contributed by atoms with E-state index >= 15 is 0 Å². The Bertz CT molecular complexity index is 348. The van der Waals surface area contributed by atoms with Crippen LogP contribution in [0.1, 0.15) is 6.92 Å². The summed E-state index contributed by atoms with van der Waals surface area (Å²) in [5.41, 5.74) is 0. The van der Waals surface area contributed by atoms with Gasteiger partial charge in [0.1, 0.15) is 0 Å². The average Bonchev–Trinajstić information content (AvgIpc) is 2.26. The van der Waals surface area contributed by atoms with Crippen LogP contribution in [0.4, 0.5) is 0 Å². The Hall–Kier alpha value is -1.12. The number of carbonyl (C=O) groups is 2. The molecular weight excluding hydrogens is 259 g/mol. The molecule has 0 aromatic heterocycles. The Balaban J connectivity index is 2.76. The van der Waals surface area contributed by atoms with Crippen LogP contribution in [0.25, 0.3) is 0 Å². The van der Waals surface area contributed by atoms with E-state index in [0.29, 0.717) is 0 Å². The van der Waals surface area contributed by atoms with Crippen molar-refractivity contribution in [3.8, 4) is 0 Å². The van der Waals surface area contributed by atoms with Gasteiger partial charge in [0.15, 0.2) is 0 Å². The molecule has 0 amide bonds. The Labute approximate surface area is 95.0 Å². The maximum absolute atomic E-state index is 11.3. The number of ether oxygens (including phenoxy) is 1. The molecule has 0 aliphatic rings. The average molecular weight is 271 g/mol. The molecular formula is C11H12O3Se. The minimum atomic E-state index is -0.620. The number of esters is 1. The normalized spacial score (nSPS) is 11.9. The van der Waals surface area contributed by atoms with Crippen LogP contribution in [0.3, 0.4) is 0 Å². The molecule has 3 nitrogen and oxygen atoms in total. The van der Waals surface area contributed by atoms with Gasteiger partial charge in [0, 0.05) is 0 Å². The summed E-state index contributed by atoms with van der Waals surface area (Å²) >= 11 is -0.194. The second-order valence-corrected chi connectivity index (χ2v) is 5.42. The van der Waals surface area contributed by atoms with Crippen LogP contribution in [-0.4, -0.2) is 33.8 Å². The summed E-state index contributed by atoms with van der Waals surface area (Å²) in [6, 6.07) is 9.52. The van der Waals surface area contributed by atoms with Gasteiger partial charge in [0.2, 0.25) is 0 Å². The Kier molecular flexibility index (Phi) is 4.53. The molecule has 0 saturated carbocycles. The first-order valence-corrected chi connectivity index (χ1v) is 6.29. The predicted octanol–water partition coefficient (Wildman–Crippen LogP) is 0.567. The first-order chi connectivity index (χ1) is 7.15. The molecule has 0 radical (unpaired) electrons. The molecule has 0 fully saturated rings. The SMILES string of the molecule is COC(=O)C([Se]c1ccccc1)C(C)=O. The van der Waals surface area contributed by atoms with Crippen LogP contribution < -0.4 is 4.46 Å². The molecule has 0 heterocycles. The van der Waals surface area contributed by atoms with Crippen LogP contribution in [0.15, 0.2) is 30.3 Å². The number of benzene rings is 1. The third kappa shape index (κ3) is 3.50. The summed E-state index contributed by atoms with van der Waals surface area (Å²) in [6.45, 7) is 1.42. The van der Waals surface area contributed by atoms with Crippen LogP contribution >= 0.6 is 0 Å². The standard InChI is InChI=1S/C11H12O3Se/c1-8(12)10(11(13)14-2)15-9-6-4-3-5-7-9/h3-7,10H,1-2H3. The maximum atomic E-state index is 11.3. The van der Waals surface area contributed by atoms with Gasteiger partial charge in [0.25, 0.3) is 0 Å². The quantitative estimate of drug-likeness (QED) is 0.457. The Morgan fingerprint density at radius 2 is 1.87 bits per heavy atom. The van der Waals surface area contributed by atoms with E-state index in [1.807, 2.05) is 30.3 Å². The van der Waals surface area contributed by atoms with E-state index in [-0.39, 0.29) is 20.7 Å². The van der Waals surface area contributed by atoms with Gasteiger partial charge in [-0.05, 0) is 0 Å². The summed E-state index contributed by atoms with van der Waals surface area (Å²) in [4.78, 5) is 22.0. The Morgan fingerprint density at radius 3 is 2.33 bits per heavy atom. The van der Waals surface area contributed by atoms with Crippen molar-refractivity contribution >= 4 is 31.2 Å². The van der Waals surface area contributed by atoms with Crippen LogP contribution in [0.2, 0.25) is 4.82 Å². The molecule has 1 aromatic rings. The summed E-state index contributed by atoms with van der Waals surface area (Å²) in [5, 5.41) is 0. The van der Waals surface area contributed by atoms with Crippen molar-refractivity contribution in [1.82, 2.24) is 0 Å². The molecule has 4 heteroatoms. The molecule has 0 bridgehead atoms. The van der Waals surface area contributed by atoms with Crippen molar-refractivity contribution in [2.24, 2.45) is 0 Å². The van der Waals surface area contributed by atoms with Crippen molar-refractivity contribution in [1.29, 1.82) is 0 Å². The molecule has 1 rings (SSSR count). The van der Waals surface area contributed by atoms with Gasteiger partial charge in [0.05, 0.1) is 0 Å². The van der Waals surface area contributed by atoms with Gasteiger partial charge in [-0.3, -0.25) is 0 Å². The molecule has 80 valence electrons. The van der Waals surface area contributed by atoms with Crippen LogP contribution in [-0.2, 0) is 14.3 Å². The topological polar surface area (TPSA) is 43.4 Å². The molecule has 15 heavy (non-hydrogen) atoms. The fourth-order valence-corrected chi connectivity index (χ4v) is 3.02. The second kappa shape index (κ2) is 5.69. The third-order valence-corrected chi connectivity index (χ3v) is 4.52. The summed E-state index contributed by atoms with van der Waals surface area (Å²) in [6.07, 6.45) is 0. The van der Waals surface area contributed by atoms with Gasteiger partial charge in [-0.15, -0.1) is 0 Å². The zero-order valence-electron chi connectivity index (χ0n) is 8.60. The summed E-state index contributed by atoms with van der Waals surface area (Å²) < 4.78 is 5.63. The molecule has 0 saturated heterocycles. The fraction of sp³-hybridized carbons (Fsp3) is 0.273. The van der Waals surface area contributed by atoms with Crippen molar-refractivity contribution in [3.05, 3.63) is 30.3 Å². The molecule has 1 atom stereocenters. The van der Waals surface area contributed by atoms with Crippen molar-refractivity contribution in [2.45, 2.75) is 11.7 Å². The Morgan fingerprint density at radius 1 is 1.27 bits per heavy atom. The molecule has 0 aliphatic carbocycles. The first-order valence-electron chi connectivity index (χ1n) is 4.45. The number of Topliss-reactive ketones (excluding diaryl/α,β-unsaturated/α-hetero) is 1. The second-order valence-electron chi connectivity index (χ2n) is 2.94. The molecule has 0 N–H and O–H groups in total. The number of methoxy groups -OCH3 is 1. The third-order valence-electron chi connectivity index (χ3n) is 1.78. The van der Waals surface area contributed by atoms with E-state index in [1.54, 1.807) is 0 Å². The van der Waals surface area contributed by atoms with Crippen molar-refractivity contribution < 1.29 is 14.3 Å². The predicted molar refractivity (Wildman–Crippen MR) is 58.3 cm³/mol. The van der Waals surface area contributed by atoms with Crippen LogP contribution in [0, 0.1) is 0 Å². The number of hydrogen-bond donors (Lipinski definition) is 0. The van der Waals surface area contributed by atoms with Crippen LogP contribution in [0.5, 0.6) is 0 Å². The zero-order valence-corrected chi connectivity index (χ0v) is 10.3. The van der Waals surface area contributed by atoms with E-state index in [4.69, 9.17) is 0 Å². The zero-order chi connectivity index (χ0) is 11.3. The van der Waals surface area contributed by atoms with E-state index < -0.39 is 10.8 Å². The van der Waals surface area contributed by atoms with Gasteiger partial charge in [-0.25, -0.2) is 0 Å². The summed E-state index contributed by atoms with van der Waals surface area (Å²) in [7, 11) is 1.30. The van der Waals surface area contributed by atoms with E-state index in [1.165, 1.54) is 14.0 Å². The van der Waals surface area contributed by atoms with Gasteiger partial charge < -0.3 is 0 Å². The number of ketones is 1. The van der Waals surface area contributed by atoms with E-state index in [0.717, 1.165) is 4.46 Å². The fourth-order valence-electron chi connectivity index (χ4n) is 1.04. The van der Waals surface area contributed by atoms with Gasteiger partial charge >= 0.3 is 94.7 Å². The number of rotatable bonds is 4. The van der Waals surface area contributed by atoms with E-state index in [2.05, 4.69) is 4.74 Å². The molecule has 0 spiro atoms. The minimum absolute atomic E-state index is 0.134. The molecule has 1 aromatic carbocycles. The van der Waals surface area contributed by atoms with Gasteiger partial charge in [-0.1, -0.05) is 0 Å². The first kappa shape index (κ1) is 12.0. The van der Waals surface area contributed by atoms with E-state index in [9.17, 15) is 9.59 Å². The molecule has 1 unspecified atom stereocenters. The summed E-state index contributed by atoms with van der Waals surface area (Å²) in [5.74, 6) is -0.572. The molecule has 0 aliphatic heterocycles. The number of carbonyl (C=O) groups excluding carboxylic acids is 2. The van der Waals surface area contributed by atoms with Gasteiger partial charge in [-0.2, -0.15) is 0 Å². The number of hydrogen-bond acceptors (Lipinski definition) is 3. The van der Waals surface area contributed by atoms with Crippen molar-refractivity contribution in [2.75, 3.05) is 7.11 Å². The monoisotopic (exact) mass is 272 g/mol.